The number of aryl methyl sites for hydroxylation is 1. The molecule has 4 rings (SSSR count). The van der Waals surface area contributed by atoms with Gasteiger partial charge in [-0.15, -0.1) is 0 Å². The summed E-state index contributed by atoms with van der Waals surface area (Å²) in [4.78, 5) is 15.4. The third kappa shape index (κ3) is 8.11. The summed E-state index contributed by atoms with van der Waals surface area (Å²) in [5, 5.41) is 11.5. The van der Waals surface area contributed by atoms with E-state index < -0.39 is 22.6 Å². The van der Waals surface area contributed by atoms with Gasteiger partial charge < -0.3 is 14.7 Å². The number of rotatable bonds is 5. The molecule has 0 fully saturated rings. The first kappa shape index (κ1) is 30.6. The number of hydrogen-bond acceptors (Lipinski definition) is 5. The molecule has 6 nitrogen and oxygen atoms in total. The molecule has 40 heavy (non-hydrogen) atoms. The number of amides is 1. The summed E-state index contributed by atoms with van der Waals surface area (Å²) < 4.78 is 23.3. The monoisotopic (exact) mass is 586 g/mol. The maximum absolute atomic E-state index is 13.1. The Hall–Kier alpha value is -2.35. The van der Waals surface area contributed by atoms with Crippen LogP contribution < -0.4 is 9.64 Å². The van der Waals surface area contributed by atoms with E-state index in [-0.39, 0.29) is 17.1 Å². The lowest BCUT2D eigenvalue weighted by Crippen LogP contribution is -2.33. The second-order valence-electron chi connectivity index (χ2n) is 11.4. The van der Waals surface area contributed by atoms with Gasteiger partial charge in [0.1, 0.15) is 5.75 Å². The first-order chi connectivity index (χ1) is 19.2. The summed E-state index contributed by atoms with van der Waals surface area (Å²) in [6, 6.07) is 13.4. The second kappa shape index (κ2) is 14.5. The minimum absolute atomic E-state index is 0.0725. The third-order valence-corrected chi connectivity index (χ3v) is 10.3. The van der Waals surface area contributed by atoms with Crippen molar-refractivity contribution in [2.75, 3.05) is 24.6 Å². The SMILES string of the molecule is CC[C@@H]1CCN2C[C@@H](CCCc3cccc(Cl)c3)COc3ccc(cc32)C(=O)/N=[SH](=O)\[C@H](C)[C@@H](C)C/C=C/[C@@H]1O. The summed E-state index contributed by atoms with van der Waals surface area (Å²) in [5.41, 5.74) is 2.52. The van der Waals surface area contributed by atoms with Crippen molar-refractivity contribution in [3.63, 3.8) is 0 Å². The van der Waals surface area contributed by atoms with Crippen LogP contribution in [0.4, 0.5) is 5.69 Å². The van der Waals surface area contributed by atoms with Gasteiger partial charge in [-0.05, 0) is 86.8 Å². The van der Waals surface area contributed by atoms with Crippen molar-refractivity contribution < 1.29 is 18.8 Å². The van der Waals surface area contributed by atoms with Crippen molar-refractivity contribution in [2.45, 2.75) is 70.7 Å². The van der Waals surface area contributed by atoms with E-state index in [0.29, 0.717) is 24.5 Å². The van der Waals surface area contributed by atoms with Gasteiger partial charge in [0.25, 0.3) is 5.91 Å². The van der Waals surface area contributed by atoms with Crippen LogP contribution in [0.15, 0.2) is 59.0 Å². The van der Waals surface area contributed by atoms with E-state index in [0.717, 1.165) is 61.7 Å². The van der Waals surface area contributed by atoms with Crippen LogP contribution in [0.2, 0.25) is 5.02 Å². The summed E-state index contributed by atoms with van der Waals surface area (Å²) in [6.07, 6.45) is 8.66. The van der Waals surface area contributed by atoms with E-state index >= 15 is 0 Å². The fourth-order valence-electron chi connectivity index (χ4n) is 5.54. The highest BCUT2D eigenvalue weighted by atomic mass is 35.5. The summed E-state index contributed by atoms with van der Waals surface area (Å²) >= 11 is 6.17. The molecule has 0 spiro atoms. The van der Waals surface area contributed by atoms with Gasteiger partial charge in [-0.1, -0.05) is 56.2 Å². The molecule has 6 atom stereocenters. The van der Waals surface area contributed by atoms with Crippen molar-refractivity contribution >= 4 is 33.8 Å². The lowest BCUT2D eigenvalue weighted by atomic mass is 9.93. The minimum atomic E-state index is -2.06. The van der Waals surface area contributed by atoms with Gasteiger partial charge in [0.15, 0.2) is 0 Å². The Labute approximate surface area is 246 Å². The highest BCUT2D eigenvalue weighted by Gasteiger charge is 2.26. The van der Waals surface area contributed by atoms with E-state index in [1.54, 1.807) is 6.07 Å². The van der Waals surface area contributed by atoms with Gasteiger partial charge in [0.2, 0.25) is 0 Å². The quantitative estimate of drug-likeness (QED) is 0.299. The molecule has 0 aliphatic carbocycles. The highest BCUT2D eigenvalue weighted by molar-refractivity contribution is 7.76. The number of halogens is 1. The van der Waals surface area contributed by atoms with Crippen LogP contribution in [0.3, 0.4) is 0 Å². The fraction of sp³-hybridized carbons (Fsp3) is 0.531. The molecular weight excluding hydrogens is 544 g/mol. The second-order valence-corrected chi connectivity index (χ2v) is 13.4. The van der Waals surface area contributed by atoms with Crippen LogP contribution in [0.25, 0.3) is 0 Å². The topological polar surface area (TPSA) is 79.2 Å². The lowest BCUT2D eigenvalue weighted by molar-refractivity contribution is 0.100. The molecule has 1 amide bonds. The Morgan fingerprint density at radius 1 is 1.20 bits per heavy atom. The van der Waals surface area contributed by atoms with Crippen molar-refractivity contribution in [1.29, 1.82) is 0 Å². The van der Waals surface area contributed by atoms with Crippen LogP contribution in [-0.2, 0) is 17.0 Å². The van der Waals surface area contributed by atoms with Gasteiger partial charge >= 0.3 is 0 Å². The number of aliphatic hydroxyl groups excluding tert-OH is 1. The van der Waals surface area contributed by atoms with Gasteiger partial charge in [0.05, 0.1) is 18.4 Å². The van der Waals surface area contributed by atoms with Crippen LogP contribution in [0.1, 0.15) is 68.8 Å². The average Bonchev–Trinajstić information content (AvgIpc) is 3.11. The Balaban J connectivity index is 1.60. The van der Waals surface area contributed by atoms with Crippen molar-refractivity contribution in [2.24, 2.45) is 22.1 Å². The molecular formula is C32H43ClN2O4S. The van der Waals surface area contributed by atoms with Gasteiger partial charge in [0, 0.05) is 45.4 Å². The van der Waals surface area contributed by atoms with E-state index in [1.807, 2.05) is 56.3 Å². The molecule has 0 radical (unpaired) electrons. The van der Waals surface area contributed by atoms with Crippen LogP contribution in [-0.4, -0.2) is 46.3 Å². The predicted octanol–water partition coefficient (Wildman–Crippen LogP) is 6.74. The molecule has 2 heterocycles. The third-order valence-electron chi connectivity index (χ3n) is 8.45. The van der Waals surface area contributed by atoms with Gasteiger partial charge in [-0.3, -0.25) is 9.00 Å². The summed E-state index contributed by atoms with van der Waals surface area (Å²) in [6.45, 7) is 8.13. The number of ether oxygens (including phenoxy) is 1. The van der Waals surface area contributed by atoms with Gasteiger partial charge in [-0.25, -0.2) is 0 Å². The Bertz CT molecular complexity index is 1280. The molecule has 2 aliphatic heterocycles. The predicted molar refractivity (Wildman–Crippen MR) is 165 cm³/mol. The number of allylic oxidation sites excluding steroid dienone is 1. The van der Waals surface area contributed by atoms with Crippen molar-refractivity contribution in [1.82, 2.24) is 0 Å². The molecule has 8 heteroatoms. The number of anilines is 1. The lowest BCUT2D eigenvalue weighted by Gasteiger charge is -2.29. The van der Waals surface area contributed by atoms with E-state index in [4.69, 9.17) is 16.3 Å². The number of carbonyl (C=O) groups is 1. The van der Waals surface area contributed by atoms with Crippen LogP contribution >= 0.6 is 11.6 Å². The largest absolute Gasteiger partial charge is 0.491 e. The van der Waals surface area contributed by atoms with Gasteiger partial charge in [-0.2, -0.15) is 4.36 Å². The van der Waals surface area contributed by atoms with Crippen LogP contribution in [0.5, 0.6) is 5.75 Å². The van der Waals surface area contributed by atoms with E-state index in [1.165, 1.54) is 5.56 Å². The van der Waals surface area contributed by atoms with Crippen LogP contribution in [0, 0.1) is 17.8 Å². The highest BCUT2D eigenvalue weighted by Crippen LogP contribution is 2.35. The molecule has 0 aromatic heterocycles. The Morgan fingerprint density at radius 2 is 2.02 bits per heavy atom. The molecule has 2 aliphatic rings. The zero-order valence-corrected chi connectivity index (χ0v) is 25.5. The Morgan fingerprint density at radius 3 is 2.80 bits per heavy atom. The molecule has 0 saturated heterocycles. The molecule has 2 aromatic rings. The number of hydrogen-bond donors (Lipinski definition) is 2. The molecule has 0 saturated carbocycles. The molecule has 2 bridgehead atoms. The number of aliphatic hydroxyl groups is 1. The number of nitrogens with zero attached hydrogens (tertiary/aromatic N) is 2. The zero-order chi connectivity index (χ0) is 28.6. The normalized spacial score (nSPS) is 29.1. The smallest absolute Gasteiger partial charge is 0.284 e. The standard InChI is InChI=1S/C32H43ClN2O4S/c1-4-26-16-17-35-20-25(11-6-9-24-10-7-12-28(33)18-24)21-39-31-15-14-27(19-29(31)35)32(37)34-40(38)23(3)22(2)8-5-13-30(26)36/h5,7,10,12-15,18-19,22-23,25-26,30,36,40H,4,6,8-9,11,16-17,20-21H2,1-3H3/b13-5+/t22-,23+,25+,26+,30-/m0/s1. The van der Waals surface area contributed by atoms with Crippen molar-refractivity contribution in [3.05, 3.63) is 70.8 Å². The zero-order valence-electron chi connectivity index (χ0n) is 23.8. The molecule has 2 aromatic carbocycles. The Kier molecular flexibility index (Phi) is 11.1. The fourth-order valence-corrected chi connectivity index (χ4v) is 6.79. The molecule has 1 N–H and O–H groups in total. The number of thiol groups is 1. The van der Waals surface area contributed by atoms with E-state index in [2.05, 4.69) is 22.3 Å². The summed E-state index contributed by atoms with van der Waals surface area (Å²) in [7, 11) is -2.06. The number of carbonyl (C=O) groups excluding carboxylic acids is 1. The number of fused-ring (bicyclic) bond motifs is 1. The first-order valence-corrected chi connectivity index (χ1v) is 16.2. The van der Waals surface area contributed by atoms with Crippen molar-refractivity contribution in [3.8, 4) is 5.75 Å². The number of benzene rings is 2. The maximum Gasteiger partial charge on any atom is 0.284 e. The summed E-state index contributed by atoms with van der Waals surface area (Å²) in [5.74, 6) is 0.790. The molecule has 1 unspecified atom stereocenters. The maximum atomic E-state index is 13.1. The molecule has 218 valence electrons. The first-order valence-electron chi connectivity index (χ1n) is 14.6. The van der Waals surface area contributed by atoms with E-state index in [9.17, 15) is 14.1 Å². The minimum Gasteiger partial charge on any atom is -0.491 e. The average molecular weight is 587 g/mol.